The number of nitrogens with two attached hydrogens (primary N) is 1. The molecular formula is C21H31ClN4O3. The molecule has 2 aliphatic heterocycles. The van der Waals surface area contributed by atoms with Gasteiger partial charge in [0.05, 0.1) is 11.8 Å². The van der Waals surface area contributed by atoms with Crippen LogP contribution in [0.4, 0.5) is 0 Å². The first-order valence-corrected chi connectivity index (χ1v) is 10.1. The van der Waals surface area contributed by atoms with Crippen molar-refractivity contribution in [2.45, 2.75) is 32.7 Å². The summed E-state index contributed by atoms with van der Waals surface area (Å²) in [6.45, 7) is 4.96. The summed E-state index contributed by atoms with van der Waals surface area (Å²) in [6.07, 6.45) is 1.84. The molecule has 3 amide bonds. The standard InChI is InChI=1S/C21H30N4O3.ClH/c1-15-4-6-16(7-5-15)12-25-14-18(11-19(25)26)21(28)24-10-2-3-17(13-24)20(27)23-9-8-22;/h4-7,17-18H,2-3,8-14,22H2,1H3,(H,23,27);1H. The summed E-state index contributed by atoms with van der Waals surface area (Å²) in [4.78, 5) is 41.1. The highest BCUT2D eigenvalue weighted by Crippen LogP contribution is 2.25. The molecule has 0 aliphatic carbocycles. The summed E-state index contributed by atoms with van der Waals surface area (Å²) in [5.74, 6) is -0.524. The van der Waals surface area contributed by atoms with Gasteiger partial charge in [-0.15, -0.1) is 12.4 Å². The Morgan fingerprint density at radius 1 is 1.17 bits per heavy atom. The van der Waals surface area contributed by atoms with Gasteiger partial charge in [-0.05, 0) is 25.3 Å². The predicted molar refractivity (Wildman–Crippen MR) is 113 cm³/mol. The molecule has 2 fully saturated rings. The first kappa shape index (κ1) is 23.2. The van der Waals surface area contributed by atoms with Crippen LogP contribution >= 0.6 is 12.4 Å². The molecule has 0 saturated carbocycles. The van der Waals surface area contributed by atoms with Crippen LogP contribution in [0.3, 0.4) is 0 Å². The molecule has 8 heteroatoms. The number of aryl methyl sites for hydroxylation is 1. The van der Waals surface area contributed by atoms with Gasteiger partial charge in [0.2, 0.25) is 17.7 Å². The average Bonchev–Trinajstić information content (AvgIpc) is 3.07. The lowest BCUT2D eigenvalue weighted by Gasteiger charge is -2.33. The number of carbonyl (C=O) groups is 3. The Balaban J connectivity index is 0.00000300. The fraction of sp³-hybridized carbons (Fsp3) is 0.571. The fourth-order valence-corrected chi connectivity index (χ4v) is 3.99. The summed E-state index contributed by atoms with van der Waals surface area (Å²) in [5, 5.41) is 2.81. The van der Waals surface area contributed by atoms with Gasteiger partial charge in [0, 0.05) is 45.7 Å². The Morgan fingerprint density at radius 2 is 1.90 bits per heavy atom. The van der Waals surface area contributed by atoms with Gasteiger partial charge < -0.3 is 20.9 Å². The highest BCUT2D eigenvalue weighted by atomic mass is 35.5. The third-order valence-electron chi connectivity index (χ3n) is 5.61. The fourth-order valence-electron chi connectivity index (χ4n) is 3.99. The number of amides is 3. The molecule has 29 heavy (non-hydrogen) atoms. The molecule has 7 nitrogen and oxygen atoms in total. The van der Waals surface area contributed by atoms with Crippen LogP contribution < -0.4 is 11.1 Å². The van der Waals surface area contributed by atoms with E-state index in [0.717, 1.165) is 18.4 Å². The van der Waals surface area contributed by atoms with Gasteiger partial charge >= 0.3 is 0 Å². The van der Waals surface area contributed by atoms with Crippen molar-refractivity contribution in [2.75, 3.05) is 32.7 Å². The third kappa shape index (κ3) is 5.93. The lowest BCUT2D eigenvalue weighted by Crippen LogP contribution is -2.48. The number of rotatable bonds is 6. The van der Waals surface area contributed by atoms with Crippen LogP contribution in [-0.2, 0) is 20.9 Å². The van der Waals surface area contributed by atoms with Gasteiger partial charge in [-0.1, -0.05) is 29.8 Å². The molecule has 2 saturated heterocycles. The van der Waals surface area contributed by atoms with E-state index in [1.54, 1.807) is 9.80 Å². The van der Waals surface area contributed by atoms with Crippen LogP contribution in [0.1, 0.15) is 30.4 Å². The number of hydrogen-bond acceptors (Lipinski definition) is 4. The zero-order valence-corrected chi connectivity index (χ0v) is 17.7. The molecular weight excluding hydrogens is 392 g/mol. The third-order valence-corrected chi connectivity index (χ3v) is 5.61. The number of hydrogen-bond donors (Lipinski definition) is 2. The van der Waals surface area contributed by atoms with Gasteiger partial charge in [-0.3, -0.25) is 14.4 Å². The molecule has 0 bridgehead atoms. The van der Waals surface area contributed by atoms with E-state index >= 15 is 0 Å². The molecule has 2 heterocycles. The molecule has 3 N–H and O–H groups in total. The largest absolute Gasteiger partial charge is 0.355 e. The van der Waals surface area contributed by atoms with E-state index in [9.17, 15) is 14.4 Å². The molecule has 2 unspecified atom stereocenters. The van der Waals surface area contributed by atoms with Gasteiger partial charge in [0.25, 0.3) is 0 Å². The Morgan fingerprint density at radius 3 is 2.59 bits per heavy atom. The second kappa shape index (κ2) is 10.6. The van der Waals surface area contributed by atoms with Crippen molar-refractivity contribution in [1.29, 1.82) is 0 Å². The van der Waals surface area contributed by atoms with Crippen LogP contribution in [0.25, 0.3) is 0 Å². The van der Waals surface area contributed by atoms with E-state index in [2.05, 4.69) is 5.32 Å². The van der Waals surface area contributed by atoms with Crippen molar-refractivity contribution < 1.29 is 14.4 Å². The first-order valence-electron chi connectivity index (χ1n) is 10.1. The van der Waals surface area contributed by atoms with E-state index < -0.39 is 0 Å². The zero-order valence-electron chi connectivity index (χ0n) is 16.9. The number of halogens is 1. The van der Waals surface area contributed by atoms with Crippen LogP contribution in [0.5, 0.6) is 0 Å². The summed E-state index contributed by atoms with van der Waals surface area (Å²) in [5.41, 5.74) is 7.69. The normalized spacial score (nSPS) is 21.7. The van der Waals surface area contributed by atoms with Gasteiger partial charge in [0.1, 0.15) is 0 Å². The Kier molecular flexibility index (Phi) is 8.46. The van der Waals surface area contributed by atoms with Crippen molar-refractivity contribution in [1.82, 2.24) is 15.1 Å². The maximum absolute atomic E-state index is 13.0. The van der Waals surface area contributed by atoms with Crippen LogP contribution in [-0.4, -0.2) is 60.2 Å². The minimum Gasteiger partial charge on any atom is -0.355 e. The number of carbonyl (C=O) groups excluding carboxylic acids is 3. The molecule has 2 aliphatic rings. The van der Waals surface area contributed by atoms with Gasteiger partial charge in [-0.2, -0.15) is 0 Å². The molecule has 1 aromatic carbocycles. The van der Waals surface area contributed by atoms with Gasteiger partial charge in [0.15, 0.2) is 0 Å². The maximum Gasteiger partial charge on any atom is 0.228 e. The predicted octanol–water partition coefficient (Wildman–Crippen LogP) is 1.08. The van der Waals surface area contributed by atoms with E-state index in [1.807, 2.05) is 31.2 Å². The summed E-state index contributed by atoms with van der Waals surface area (Å²) in [7, 11) is 0. The summed E-state index contributed by atoms with van der Waals surface area (Å²) < 4.78 is 0. The molecule has 0 aromatic heterocycles. The lowest BCUT2D eigenvalue weighted by atomic mass is 9.95. The molecule has 1 aromatic rings. The molecule has 3 rings (SSSR count). The van der Waals surface area contributed by atoms with Crippen LogP contribution in [0, 0.1) is 18.8 Å². The van der Waals surface area contributed by atoms with E-state index in [4.69, 9.17) is 5.73 Å². The number of likely N-dealkylation sites (tertiary alicyclic amines) is 2. The smallest absolute Gasteiger partial charge is 0.228 e. The average molecular weight is 423 g/mol. The van der Waals surface area contributed by atoms with Crippen molar-refractivity contribution in [2.24, 2.45) is 17.6 Å². The van der Waals surface area contributed by atoms with E-state index in [-0.39, 0.29) is 48.4 Å². The molecule has 160 valence electrons. The maximum atomic E-state index is 13.0. The van der Waals surface area contributed by atoms with E-state index in [1.165, 1.54) is 5.56 Å². The highest BCUT2D eigenvalue weighted by Gasteiger charge is 2.38. The summed E-state index contributed by atoms with van der Waals surface area (Å²) >= 11 is 0. The monoisotopic (exact) mass is 422 g/mol. The van der Waals surface area contributed by atoms with E-state index in [0.29, 0.717) is 39.3 Å². The zero-order chi connectivity index (χ0) is 20.1. The first-order chi connectivity index (χ1) is 13.5. The van der Waals surface area contributed by atoms with Crippen molar-refractivity contribution in [3.63, 3.8) is 0 Å². The minimum atomic E-state index is -0.316. The van der Waals surface area contributed by atoms with Crippen molar-refractivity contribution in [3.05, 3.63) is 35.4 Å². The number of benzene rings is 1. The summed E-state index contributed by atoms with van der Waals surface area (Å²) in [6, 6.07) is 8.10. The number of nitrogens with zero attached hydrogens (tertiary/aromatic N) is 2. The second-order valence-electron chi connectivity index (χ2n) is 7.86. The minimum absolute atomic E-state index is 0. The van der Waals surface area contributed by atoms with Crippen LogP contribution in [0.15, 0.2) is 24.3 Å². The molecule has 0 radical (unpaired) electrons. The Bertz CT molecular complexity index is 725. The van der Waals surface area contributed by atoms with Crippen LogP contribution in [0.2, 0.25) is 0 Å². The van der Waals surface area contributed by atoms with Crippen molar-refractivity contribution in [3.8, 4) is 0 Å². The highest BCUT2D eigenvalue weighted by molar-refractivity contribution is 5.89. The topological polar surface area (TPSA) is 95.7 Å². The van der Waals surface area contributed by atoms with Gasteiger partial charge in [-0.25, -0.2) is 0 Å². The Hall–Kier alpha value is -2.12. The number of nitrogens with one attached hydrogen (secondary N) is 1. The van der Waals surface area contributed by atoms with Crippen molar-refractivity contribution >= 4 is 30.1 Å². The second-order valence-corrected chi connectivity index (χ2v) is 7.86. The number of piperidine rings is 1. The quantitative estimate of drug-likeness (QED) is 0.717. The SMILES string of the molecule is Cc1ccc(CN2CC(C(=O)N3CCCC(C(=O)NCCN)C3)CC2=O)cc1.Cl. The Labute approximate surface area is 178 Å². The lowest BCUT2D eigenvalue weighted by molar-refractivity contribution is -0.139. The molecule has 0 spiro atoms. The molecule has 2 atom stereocenters.